The highest BCUT2D eigenvalue weighted by Gasteiger charge is 2.49. The lowest BCUT2D eigenvalue weighted by Gasteiger charge is -2.54. The summed E-state index contributed by atoms with van der Waals surface area (Å²) in [6.07, 6.45) is 1.38. The average Bonchev–Trinajstić information content (AvgIpc) is 2.12. The number of hydrogen-bond acceptors (Lipinski definition) is 5. The first-order valence-corrected chi connectivity index (χ1v) is 5.49. The molecule has 0 saturated carbocycles. The molecule has 3 heterocycles. The molecule has 3 rings (SSSR count). The summed E-state index contributed by atoms with van der Waals surface area (Å²) in [6.45, 7) is 5.12. The zero-order valence-corrected chi connectivity index (χ0v) is 9.51. The number of ether oxygens (including phenoxy) is 1. The minimum absolute atomic E-state index is 0.163. The molecule has 0 atom stereocenters. The third kappa shape index (κ3) is 1.56. The number of aryl methyl sites for hydroxylation is 1. The predicted molar refractivity (Wildman–Crippen MR) is 59.2 cm³/mol. The van der Waals surface area contributed by atoms with Crippen molar-refractivity contribution in [3.8, 4) is 0 Å². The molecule has 0 amide bonds. The molecular formula is C11H13N3O3. The monoisotopic (exact) mass is 235 g/mol. The fourth-order valence-electron chi connectivity index (χ4n) is 2.30. The van der Waals surface area contributed by atoms with Crippen LogP contribution in [0.1, 0.15) is 16.1 Å². The van der Waals surface area contributed by atoms with Crippen molar-refractivity contribution in [1.29, 1.82) is 0 Å². The third-order valence-corrected chi connectivity index (χ3v) is 3.35. The standard InChI is InChI=1S/C11H13N3O3/c1-7-8(9(15)16)2-12-10(13-7)14-3-11(4-14)5-17-6-11/h2H,3-6H2,1H3,(H,15,16). The van der Waals surface area contributed by atoms with E-state index in [9.17, 15) is 4.79 Å². The van der Waals surface area contributed by atoms with Gasteiger partial charge >= 0.3 is 5.97 Å². The molecule has 2 fully saturated rings. The van der Waals surface area contributed by atoms with E-state index in [0.717, 1.165) is 26.3 Å². The smallest absolute Gasteiger partial charge is 0.339 e. The van der Waals surface area contributed by atoms with Gasteiger partial charge in [0.25, 0.3) is 0 Å². The number of anilines is 1. The van der Waals surface area contributed by atoms with Crippen molar-refractivity contribution in [2.75, 3.05) is 31.2 Å². The van der Waals surface area contributed by atoms with Gasteiger partial charge in [0.2, 0.25) is 5.95 Å². The van der Waals surface area contributed by atoms with Gasteiger partial charge in [0.1, 0.15) is 0 Å². The van der Waals surface area contributed by atoms with E-state index < -0.39 is 5.97 Å². The molecule has 2 aliphatic heterocycles. The van der Waals surface area contributed by atoms with E-state index in [1.165, 1.54) is 6.20 Å². The van der Waals surface area contributed by atoms with Crippen LogP contribution in [-0.4, -0.2) is 47.3 Å². The van der Waals surface area contributed by atoms with Crippen LogP contribution in [0, 0.1) is 12.3 Å². The maximum atomic E-state index is 10.8. The molecule has 1 aromatic heterocycles. The molecule has 1 spiro atoms. The first-order valence-electron chi connectivity index (χ1n) is 5.49. The van der Waals surface area contributed by atoms with Crippen molar-refractivity contribution in [3.05, 3.63) is 17.5 Å². The molecule has 90 valence electrons. The Morgan fingerprint density at radius 2 is 2.24 bits per heavy atom. The second kappa shape index (κ2) is 3.40. The minimum atomic E-state index is -0.985. The van der Waals surface area contributed by atoms with Crippen molar-refractivity contribution in [3.63, 3.8) is 0 Å². The second-order valence-electron chi connectivity index (χ2n) is 4.82. The normalized spacial score (nSPS) is 20.9. The number of carbonyl (C=O) groups is 1. The average molecular weight is 235 g/mol. The highest BCUT2D eigenvalue weighted by atomic mass is 16.5. The van der Waals surface area contributed by atoms with Crippen molar-refractivity contribution >= 4 is 11.9 Å². The van der Waals surface area contributed by atoms with Gasteiger partial charge < -0.3 is 14.7 Å². The zero-order valence-electron chi connectivity index (χ0n) is 9.51. The van der Waals surface area contributed by atoms with Crippen LogP contribution in [0.25, 0.3) is 0 Å². The van der Waals surface area contributed by atoms with E-state index in [4.69, 9.17) is 9.84 Å². The lowest BCUT2D eigenvalue weighted by atomic mass is 9.78. The van der Waals surface area contributed by atoms with Gasteiger partial charge in [-0.2, -0.15) is 0 Å². The topological polar surface area (TPSA) is 75.5 Å². The highest BCUT2D eigenvalue weighted by molar-refractivity contribution is 5.88. The van der Waals surface area contributed by atoms with Crippen LogP contribution in [-0.2, 0) is 4.74 Å². The van der Waals surface area contributed by atoms with Crippen molar-refractivity contribution in [1.82, 2.24) is 9.97 Å². The molecule has 6 nitrogen and oxygen atoms in total. The first kappa shape index (κ1) is 10.5. The number of hydrogen-bond donors (Lipinski definition) is 1. The molecule has 0 aromatic carbocycles. The number of aromatic nitrogens is 2. The van der Waals surface area contributed by atoms with E-state index in [1.807, 2.05) is 0 Å². The van der Waals surface area contributed by atoms with Gasteiger partial charge in [-0.25, -0.2) is 14.8 Å². The molecule has 0 unspecified atom stereocenters. The minimum Gasteiger partial charge on any atom is -0.478 e. The van der Waals surface area contributed by atoms with Gasteiger partial charge in [0.15, 0.2) is 0 Å². The maximum Gasteiger partial charge on any atom is 0.339 e. The molecular weight excluding hydrogens is 222 g/mol. The predicted octanol–water partition coefficient (Wildman–Crippen LogP) is 0.320. The van der Waals surface area contributed by atoms with Crippen LogP contribution in [0.15, 0.2) is 6.20 Å². The number of rotatable bonds is 2. The summed E-state index contributed by atoms with van der Waals surface area (Å²) in [4.78, 5) is 21.2. The molecule has 0 bridgehead atoms. The Morgan fingerprint density at radius 1 is 1.53 bits per heavy atom. The van der Waals surface area contributed by atoms with Crippen LogP contribution in [0.4, 0.5) is 5.95 Å². The Labute approximate surface area is 98.2 Å². The van der Waals surface area contributed by atoms with Gasteiger partial charge in [-0.15, -0.1) is 0 Å². The Kier molecular flexibility index (Phi) is 2.09. The fourth-order valence-corrected chi connectivity index (χ4v) is 2.30. The lowest BCUT2D eigenvalue weighted by molar-refractivity contribution is -0.127. The molecule has 0 aliphatic carbocycles. The van der Waals surface area contributed by atoms with E-state index in [1.54, 1.807) is 6.92 Å². The Morgan fingerprint density at radius 3 is 2.71 bits per heavy atom. The third-order valence-electron chi connectivity index (χ3n) is 3.35. The van der Waals surface area contributed by atoms with Crippen LogP contribution in [0.3, 0.4) is 0 Å². The quantitative estimate of drug-likeness (QED) is 0.795. The summed E-state index contributed by atoms with van der Waals surface area (Å²) in [5, 5.41) is 8.89. The number of carboxylic acids is 1. The summed E-state index contributed by atoms with van der Waals surface area (Å²) >= 11 is 0. The Hall–Kier alpha value is -1.69. The molecule has 2 saturated heterocycles. The van der Waals surface area contributed by atoms with Crippen molar-refractivity contribution in [2.24, 2.45) is 5.41 Å². The maximum absolute atomic E-state index is 10.8. The summed E-state index contributed by atoms with van der Waals surface area (Å²) in [6, 6.07) is 0. The summed E-state index contributed by atoms with van der Waals surface area (Å²) in [5.74, 6) is -0.369. The van der Waals surface area contributed by atoms with Gasteiger partial charge in [0.05, 0.1) is 29.9 Å². The molecule has 0 radical (unpaired) electrons. The number of aromatic carboxylic acids is 1. The van der Waals surface area contributed by atoms with Gasteiger partial charge in [-0.05, 0) is 6.92 Å². The summed E-state index contributed by atoms with van der Waals surface area (Å²) in [5.41, 5.74) is 0.979. The summed E-state index contributed by atoms with van der Waals surface area (Å²) < 4.78 is 5.19. The first-order chi connectivity index (χ1) is 8.10. The molecule has 6 heteroatoms. The Bertz CT molecular complexity index is 477. The molecule has 1 N–H and O–H groups in total. The second-order valence-corrected chi connectivity index (χ2v) is 4.82. The molecule has 17 heavy (non-hydrogen) atoms. The molecule has 1 aromatic rings. The van der Waals surface area contributed by atoms with Crippen LogP contribution >= 0.6 is 0 Å². The van der Waals surface area contributed by atoms with E-state index >= 15 is 0 Å². The fraction of sp³-hybridized carbons (Fsp3) is 0.545. The van der Waals surface area contributed by atoms with Crippen molar-refractivity contribution in [2.45, 2.75) is 6.92 Å². The number of nitrogens with zero attached hydrogens (tertiary/aromatic N) is 3. The van der Waals surface area contributed by atoms with Crippen molar-refractivity contribution < 1.29 is 14.6 Å². The van der Waals surface area contributed by atoms with Gasteiger partial charge in [0, 0.05) is 19.3 Å². The SMILES string of the molecule is Cc1nc(N2CC3(COC3)C2)ncc1C(=O)O. The van der Waals surface area contributed by atoms with E-state index in [0.29, 0.717) is 17.1 Å². The largest absolute Gasteiger partial charge is 0.478 e. The van der Waals surface area contributed by atoms with E-state index in [-0.39, 0.29) is 5.56 Å². The highest BCUT2D eigenvalue weighted by Crippen LogP contribution is 2.38. The zero-order chi connectivity index (χ0) is 12.0. The van der Waals surface area contributed by atoms with Crippen LogP contribution in [0.2, 0.25) is 0 Å². The van der Waals surface area contributed by atoms with Crippen LogP contribution < -0.4 is 4.90 Å². The van der Waals surface area contributed by atoms with Gasteiger partial charge in [-0.1, -0.05) is 0 Å². The van der Waals surface area contributed by atoms with Gasteiger partial charge in [-0.3, -0.25) is 0 Å². The Balaban J connectivity index is 1.77. The molecule has 2 aliphatic rings. The van der Waals surface area contributed by atoms with E-state index in [2.05, 4.69) is 14.9 Å². The van der Waals surface area contributed by atoms with Crippen LogP contribution in [0.5, 0.6) is 0 Å². The summed E-state index contributed by atoms with van der Waals surface area (Å²) in [7, 11) is 0. The lowest BCUT2D eigenvalue weighted by Crippen LogP contribution is -2.66. The number of carboxylic acid groups (broad SMARTS) is 1.